The van der Waals surface area contributed by atoms with Crippen LogP contribution in [0.1, 0.15) is 54.9 Å². The Hall–Kier alpha value is -2.96. The van der Waals surface area contributed by atoms with Gasteiger partial charge in [0.05, 0.1) is 26.9 Å². The molecule has 6 nitrogen and oxygen atoms in total. The van der Waals surface area contributed by atoms with Crippen LogP contribution >= 0.6 is 0 Å². The van der Waals surface area contributed by atoms with E-state index in [1.165, 1.54) is 6.42 Å². The molecular formula is C29H37N2O4+. The number of hydrogen-bond acceptors (Lipinski definition) is 5. The lowest BCUT2D eigenvalue weighted by atomic mass is 9.73. The Labute approximate surface area is 208 Å². The molecule has 4 rings (SSSR count). The van der Waals surface area contributed by atoms with E-state index < -0.39 is 5.60 Å². The molecule has 0 spiro atoms. The number of carbonyl (C=O) groups is 1. The zero-order valence-corrected chi connectivity index (χ0v) is 20.9. The van der Waals surface area contributed by atoms with Gasteiger partial charge in [0.1, 0.15) is 6.54 Å². The molecular weight excluding hydrogens is 440 g/mol. The van der Waals surface area contributed by atoms with E-state index in [-0.39, 0.29) is 18.4 Å². The maximum Gasteiger partial charge on any atom is 0.361 e. The number of ether oxygens (including phenoxy) is 1. The van der Waals surface area contributed by atoms with Crippen molar-refractivity contribution in [3.63, 3.8) is 0 Å². The SMILES string of the molecule is C[N+](C)(CC(=O)OCCc1ccccc1)Cc1cnc(C(O)(c2ccccc2)C2CCCCC2)o1. The molecule has 1 saturated carbocycles. The molecule has 1 aliphatic rings. The van der Waals surface area contributed by atoms with Crippen LogP contribution in [0.25, 0.3) is 0 Å². The number of benzene rings is 2. The normalized spacial score (nSPS) is 16.5. The highest BCUT2D eigenvalue weighted by molar-refractivity contribution is 5.70. The summed E-state index contributed by atoms with van der Waals surface area (Å²) in [6.07, 6.45) is 7.68. The molecule has 0 amide bonds. The van der Waals surface area contributed by atoms with Crippen molar-refractivity contribution in [2.24, 2.45) is 5.92 Å². The third-order valence-electron chi connectivity index (χ3n) is 6.93. The highest BCUT2D eigenvalue weighted by Crippen LogP contribution is 2.43. The minimum absolute atomic E-state index is 0.0623. The number of oxazole rings is 1. The van der Waals surface area contributed by atoms with Crippen molar-refractivity contribution in [3.05, 3.63) is 89.6 Å². The van der Waals surface area contributed by atoms with E-state index in [1.54, 1.807) is 6.20 Å². The molecule has 186 valence electrons. The van der Waals surface area contributed by atoms with Crippen molar-refractivity contribution >= 4 is 5.97 Å². The quantitative estimate of drug-likeness (QED) is 0.334. The van der Waals surface area contributed by atoms with Crippen LogP contribution in [0.4, 0.5) is 0 Å². The molecule has 0 radical (unpaired) electrons. The summed E-state index contributed by atoms with van der Waals surface area (Å²) in [6.45, 7) is 1.05. The van der Waals surface area contributed by atoms with Gasteiger partial charge in [-0.3, -0.25) is 0 Å². The summed E-state index contributed by atoms with van der Waals surface area (Å²) in [5.74, 6) is 0.809. The first kappa shape index (κ1) is 25.1. The van der Waals surface area contributed by atoms with E-state index in [4.69, 9.17) is 9.15 Å². The fraction of sp³-hybridized carbons (Fsp3) is 0.448. The molecule has 1 unspecified atom stereocenters. The van der Waals surface area contributed by atoms with Crippen LogP contribution < -0.4 is 0 Å². The number of nitrogens with zero attached hydrogens (tertiary/aromatic N) is 2. The number of aliphatic hydroxyl groups is 1. The molecule has 1 heterocycles. The van der Waals surface area contributed by atoms with Gasteiger partial charge in [-0.05, 0) is 24.0 Å². The van der Waals surface area contributed by atoms with Gasteiger partial charge in [0.25, 0.3) is 0 Å². The molecule has 1 aromatic heterocycles. The number of carbonyl (C=O) groups excluding carboxylic acids is 1. The summed E-state index contributed by atoms with van der Waals surface area (Å²) in [5.41, 5.74) is 0.705. The lowest BCUT2D eigenvalue weighted by Gasteiger charge is -2.36. The van der Waals surface area contributed by atoms with Crippen LogP contribution in [0.5, 0.6) is 0 Å². The maximum absolute atomic E-state index is 12.5. The van der Waals surface area contributed by atoms with E-state index in [2.05, 4.69) is 4.98 Å². The summed E-state index contributed by atoms with van der Waals surface area (Å²) in [5, 5.41) is 12.0. The standard InChI is InChI=1S/C29H37N2O4/c1-31(2,22-27(32)34-19-18-23-12-6-3-7-13-23)21-26-20-30-28(35-26)29(33,24-14-8-4-9-15-24)25-16-10-5-11-17-25/h3-4,6-9,12-15,20,25,33H,5,10-11,16-19,21-22H2,1-2H3/q+1. The van der Waals surface area contributed by atoms with Gasteiger partial charge in [-0.1, -0.05) is 79.9 Å². The zero-order chi connectivity index (χ0) is 24.7. The average molecular weight is 478 g/mol. The monoisotopic (exact) mass is 477 g/mol. The first-order valence-electron chi connectivity index (χ1n) is 12.6. The fourth-order valence-electron chi connectivity index (χ4n) is 5.10. The third-order valence-corrected chi connectivity index (χ3v) is 6.93. The predicted molar refractivity (Wildman–Crippen MR) is 134 cm³/mol. The third kappa shape index (κ3) is 6.38. The van der Waals surface area contributed by atoms with Gasteiger partial charge in [-0.2, -0.15) is 0 Å². The van der Waals surface area contributed by atoms with Crippen molar-refractivity contribution in [3.8, 4) is 0 Å². The van der Waals surface area contributed by atoms with Crippen LogP contribution in [0, 0.1) is 5.92 Å². The molecule has 6 heteroatoms. The first-order chi connectivity index (χ1) is 16.9. The van der Waals surface area contributed by atoms with Crippen molar-refractivity contribution in [2.75, 3.05) is 27.2 Å². The van der Waals surface area contributed by atoms with E-state index in [1.807, 2.05) is 74.8 Å². The van der Waals surface area contributed by atoms with Gasteiger partial charge in [0, 0.05) is 12.3 Å². The lowest BCUT2D eigenvalue weighted by molar-refractivity contribution is -0.897. The number of esters is 1. The largest absolute Gasteiger partial charge is 0.461 e. The zero-order valence-electron chi connectivity index (χ0n) is 20.9. The number of hydrogen-bond donors (Lipinski definition) is 1. The van der Waals surface area contributed by atoms with Gasteiger partial charge < -0.3 is 18.7 Å². The summed E-state index contributed by atoms with van der Waals surface area (Å²) in [6, 6.07) is 19.7. The maximum atomic E-state index is 12.5. The molecule has 0 aliphatic heterocycles. The van der Waals surface area contributed by atoms with E-state index in [0.29, 0.717) is 35.7 Å². The van der Waals surface area contributed by atoms with Crippen LogP contribution in [-0.2, 0) is 28.1 Å². The first-order valence-corrected chi connectivity index (χ1v) is 12.6. The number of quaternary nitrogens is 1. The van der Waals surface area contributed by atoms with Crippen LogP contribution in [0.3, 0.4) is 0 Å². The van der Waals surface area contributed by atoms with Crippen molar-refractivity contribution < 1.29 is 23.5 Å². The Bertz CT molecular complexity index is 1070. The smallest absolute Gasteiger partial charge is 0.361 e. The highest BCUT2D eigenvalue weighted by atomic mass is 16.5. The van der Waals surface area contributed by atoms with Crippen LogP contribution in [0.2, 0.25) is 0 Å². The minimum atomic E-state index is -1.26. The van der Waals surface area contributed by atoms with Crippen LogP contribution in [0.15, 0.2) is 71.3 Å². The molecule has 0 bridgehead atoms. The van der Waals surface area contributed by atoms with E-state index in [0.717, 1.165) is 36.8 Å². The van der Waals surface area contributed by atoms with Gasteiger partial charge in [-0.15, -0.1) is 0 Å². The van der Waals surface area contributed by atoms with Gasteiger partial charge >= 0.3 is 5.97 Å². The number of likely N-dealkylation sites (N-methyl/N-ethyl adjacent to an activating group) is 1. The van der Waals surface area contributed by atoms with Gasteiger partial charge in [0.2, 0.25) is 5.89 Å². The van der Waals surface area contributed by atoms with Crippen molar-refractivity contribution in [1.82, 2.24) is 4.98 Å². The lowest BCUT2D eigenvalue weighted by Crippen LogP contribution is -2.43. The molecule has 1 aliphatic carbocycles. The Morgan fingerprint density at radius 1 is 1.06 bits per heavy atom. The summed E-state index contributed by atoms with van der Waals surface area (Å²) < 4.78 is 12.0. The highest BCUT2D eigenvalue weighted by Gasteiger charge is 2.44. The van der Waals surface area contributed by atoms with Gasteiger partial charge in [0.15, 0.2) is 17.9 Å². The Morgan fingerprint density at radius 3 is 2.40 bits per heavy atom. The average Bonchev–Trinajstić information content (AvgIpc) is 3.33. The Balaban J connectivity index is 1.41. The molecule has 1 N–H and O–H groups in total. The molecule has 35 heavy (non-hydrogen) atoms. The molecule has 3 aromatic rings. The number of rotatable bonds is 10. The van der Waals surface area contributed by atoms with Crippen LogP contribution in [-0.4, -0.2) is 47.8 Å². The second kappa shape index (κ2) is 11.2. The predicted octanol–water partition coefficient (Wildman–Crippen LogP) is 4.85. The van der Waals surface area contributed by atoms with Gasteiger partial charge in [-0.25, -0.2) is 9.78 Å². The second-order valence-electron chi connectivity index (χ2n) is 10.3. The number of aromatic nitrogens is 1. The molecule has 1 fully saturated rings. The minimum Gasteiger partial charge on any atom is -0.461 e. The summed E-state index contributed by atoms with van der Waals surface area (Å²) >= 11 is 0. The topological polar surface area (TPSA) is 72.6 Å². The van der Waals surface area contributed by atoms with E-state index in [9.17, 15) is 9.90 Å². The molecule has 0 saturated heterocycles. The second-order valence-corrected chi connectivity index (χ2v) is 10.3. The Morgan fingerprint density at radius 2 is 1.71 bits per heavy atom. The summed E-state index contributed by atoms with van der Waals surface area (Å²) in [4.78, 5) is 17.0. The molecule has 2 aromatic carbocycles. The van der Waals surface area contributed by atoms with Crippen molar-refractivity contribution in [1.29, 1.82) is 0 Å². The molecule has 1 atom stereocenters. The van der Waals surface area contributed by atoms with E-state index >= 15 is 0 Å². The Kier molecular flexibility index (Phi) is 8.04. The fourth-order valence-corrected chi connectivity index (χ4v) is 5.10. The summed E-state index contributed by atoms with van der Waals surface area (Å²) in [7, 11) is 3.93. The van der Waals surface area contributed by atoms with Crippen molar-refractivity contribution in [2.45, 2.75) is 50.7 Å².